The van der Waals surface area contributed by atoms with Crippen LogP contribution in [0.4, 0.5) is 5.69 Å². The second-order valence-electron chi connectivity index (χ2n) is 4.79. The van der Waals surface area contributed by atoms with E-state index in [0.717, 1.165) is 0 Å². The molecule has 0 aliphatic rings. The minimum Gasteiger partial charge on any atom is -0.457 e. The normalized spacial score (nSPS) is 10.9. The van der Waals surface area contributed by atoms with Gasteiger partial charge in [0.15, 0.2) is 0 Å². The summed E-state index contributed by atoms with van der Waals surface area (Å²) in [4.78, 5) is 22.3. The third-order valence-electron chi connectivity index (χ3n) is 2.86. The molecule has 0 heterocycles. The number of carbonyl (C=O) groups is 1. The molecule has 0 aromatic heterocycles. The van der Waals surface area contributed by atoms with Gasteiger partial charge in [0.05, 0.1) is 4.92 Å². The van der Waals surface area contributed by atoms with Gasteiger partial charge >= 0.3 is 5.97 Å². The average molecular weight is 300 g/mol. The van der Waals surface area contributed by atoms with Gasteiger partial charge in [-0.3, -0.25) is 10.1 Å². The van der Waals surface area contributed by atoms with Crippen molar-refractivity contribution < 1.29 is 14.5 Å². The molecule has 114 valence electrons. The van der Waals surface area contributed by atoms with E-state index in [-0.39, 0.29) is 23.8 Å². The van der Waals surface area contributed by atoms with Crippen LogP contribution >= 0.6 is 0 Å². The van der Waals surface area contributed by atoms with Crippen molar-refractivity contribution in [1.82, 2.24) is 0 Å². The van der Waals surface area contributed by atoms with Crippen molar-refractivity contribution in [2.75, 3.05) is 6.61 Å². The number of nitriles is 1. The van der Waals surface area contributed by atoms with Crippen molar-refractivity contribution >= 4 is 17.7 Å². The minimum absolute atomic E-state index is 0.00794. The van der Waals surface area contributed by atoms with Gasteiger partial charge in [-0.1, -0.05) is 38.6 Å². The molecule has 0 saturated carbocycles. The molecule has 0 N–H and O–H groups in total. The molecule has 0 aliphatic carbocycles. The molecule has 0 aliphatic heterocycles. The molecule has 6 nitrogen and oxygen atoms in total. The van der Waals surface area contributed by atoms with E-state index in [4.69, 9.17) is 10.00 Å². The molecule has 22 heavy (non-hydrogen) atoms. The van der Waals surface area contributed by atoms with Gasteiger partial charge < -0.3 is 4.74 Å². The molecular formula is C16H16N2O4. The van der Waals surface area contributed by atoms with Crippen molar-refractivity contribution in [3.8, 4) is 6.07 Å². The highest BCUT2D eigenvalue weighted by Crippen LogP contribution is 2.28. The summed E-state index contributed by atoms with van der Waals surface area (Å²) in [6.07, 6.45) is 2.65. The fourth-order valence-corrected chi connectivity index (χ4v) is 1.81. The van der Waals surface area contributed by atoms with Crippen LogP contribution in [0.15, 0.2) is 36.4 Å². The molecule has 1 aromatic rings. The van der Waals surface area contributed by atoms with E-state index >= 15 is 0 Å². The van der Waals surface area contributed by atoms with E-state index in [2.05, 4.69) is 6.58 Å². The molecule has 0 fully saturated rings. The van der Waals surface area contributed by atoms with E-state index in [9.17, 15) is 14.9 Å². The molecule has 0 atom stereocenters. The number of rotatable bonds is 6. The lowest BCUT2D eigenvalue weighted by Crippen LogP contribution is -2.06. The second kappa shape index (κ2) is 7.74. The first-order valence-corrected chi connectivity index (χ1v) is 6.58. The van der Waals surface area contributed by atoms with E-state index < -0.39 is 10.9 Å². The van der Waals surface area contributed by atoms with Crippen LogP contribution in [0.5, 0.6) is 0 Å². The third-order valence-corrected chi connectivity index (χ3v) is 2.86. The number of hydrogen-bond acceptors (Lipinski definition) is 5. The van der Waals surface area contributed by atoms with Crippen LogP contribution in [-0.2, 0) is 9.53 Å². The number of hydrogen-bond donors (Lipinski definition) is 0. The zero-order valence-corrected chi connectivity index (χ0v) is 12.4. The minimum atomic E-state index is -0.794. The maximum atomic E-state index is 11.6. The summed E-state index contributed by atoms with van der Waals surface area (Å²) in [7, 11) is 0. The maximum absolute atomic E-state index is 11.6. The molecule has 6 heteroatoms. The van der Waals surface area contributed by atoms with Gasteiger partial charge in [0.25, 0.3) is 5.69 Å². The molecule has 1 aromatic carbocycles. The van der Waals surface area contributed by atoms with Gasteiger partial charge in [-0.05, 0) is 17.6 Å². The second-order valence-corrected chi connectivity index (χ2v) is 4.79. The Morgan fingerprint density at radius 1 is 1.55 bits per heavy atom. The first-order valence-electron chi connectivity index (χ1n) is 6.58. The zero-order valence-electron chi connectivity index (χ0n) is 12.4. The Hall–Kier alpha value is -2.94. The number of nitro groups is 1. The first kappa shape index (κ1) is 17.1. The van der Waals surface area contributed by atoms with E-state index in [0.29, 0.717) is 11.1 Å². The summed E-state index contributed by atoms with van der Waals surface area (Å²) in [5.74, 6) is -0.801. The van der Waals surface area contributed by atoms with Gasteiger partial charge in [-0.15, -0.1) is 0 Å². The van der Waals surface area contributed by atoms with Crippen LogP contribution in [0.2, 0.25) is 0 Å². The molecule has 0 bridgehead atoms. The maximum Gasteiger partial charge on any atom is 0.349 e. The van der Waals surface area contributed by atoms with Crippen LogP contribution in [0, 0.1) is 21.4 Å². The largest absolute Gasteiger partial charge is 0.457 e. The Labute approximate surface area is 128 Å². The Morgan fingerprint density at radius 2 is 2.23 bits per heavy atom. The molecular weight excluding hydrogens is 284 g/mol. The molecule has 0 spiro atoms. The van der Waals surface area contributed by atoms with E-state index in [1.54, 1.807) is 18.2 Å². The number of nitro benzene ring substituents is 1. The van der Waals surface area contributed by atoms with Crippen molar-refractivity contribution in [3.63, 3.8) is 0 Å². The van der Waals surface area contributed by atoms with Gasteiger partial charge in [-0.25, -0.2) is 4.79 Å². The molecule has 0 unspecified atom stereocenters. The van der Waals surface area contributed by atoms with Crippen LogP contribution in [-0.4, -0.2) is 17.5 Å². The van der Waals surface area contributed by atoms with Crippen LogP contribution in [0.3, 0.4) is 0 Å². The summed E-state index contributed by atoms with van der Waals surface area (Å²) in [6.45, 7) is 7.10. The summed E-state index contributed by atoms with van der Waals surface area (Å²) in [5, 5.41) is 20.1. The number of nitrogens with zero attached hydrogens (tertiary/aromatic N) is 2. The van der Waals surface area contributed by atoms with Crippen LogP contribution in [0.1, 0.15) is 30.9 Å². The van der Waals surface area contributed by atoms with Crippen molar-refractivity contribution in [2.24, 2.45) is 0 Å². The smallest absolute Gasteiger partial charge is 0.349 e. The fraction of sp³-hybridized carbons (Fsp3) is 0.250. The van der Waals surface area contributed by atoms with Gasteiger partial charge in [-0.2, -0.15) is 5.26 Å². The highest BCUT2D eigenvalue weighted by molar-refractivity contribution is 5.98. The summed E-state index contributed by atoms with van der Waals surface area (Å²) >= 11 is 0. The van der Waals surface area contributed by atoms with E-state index in [1.165, 1.54) is 18.2 Å². The Balaban J connectivity index is 3.21. The van der Waals surface area contributed by atoms with Gasteiger partial charge in [0.2, 0.25) is 0 Å². The Bertz CT molecular complexity index is 669. The standard InChI is InChI=1S/C16H16N2O4/c1-4-7-22-16(19)13(10-17)8-12-5-6-14(11(2)3)15(9-12)18(20)21/h4-6,8-9,11H,1,7H2,2-3H3/b13-8+. The molecule has 0 saturated heterocycles. The lowest BCUT2D eigenvalue weighted by Gasteiger charge is -2.07. The average Bonchev–Trinajstić information content (AvgIpc) is 2.49. The zero-order chi connectivity index (χ0) is 16.7. The SMILES string of the molecule is C=CCOC(=O)/C(C#N)=C/c1ccc(C(C)C)c([N+](=O)[O-])c1. The monoisotopic (exact) mass is 300 g/mol. The number of carbonyl (C=O) groups excluding carboxylic acids is 1. The van der Waals surface area contributed by atoms with E-state index in [1.807, 2.05) is 13.8 Å². The molecule has 0 amide bonds. The summed E-state index contributed by atoms with van der Waals surface area (Å²) < 4.78 is 4.77. The quantitative estimate of drug-likeness (QED) is 0.200. The number of ether oxygens (including phenoxy) is 1. The van der Waals surface area contributed by atoms with Crippen LogP contribution < -0.4 is 0 Å². The Kier molecular flexibility index (Phi) is 6.02. The lowest BCUT2D eigenvalue weighted by atomic mass is 9.98. The first-order chi connectivity index (χ1) is 10.4. The predicted octanol–water partition coefficient (Wildman–Crippen LogP) is 3.35. The summed E-state index contributed by atoms with van der Waals surface area (Å²) in [6, 6.07) is 6.32. The Morgan fingerprint density at radius 3 is 2.73 bits per heavy atom. The molecule has 1 rings (SSSR count). The highest BCUT2D eigenvalue weighted by Gasteiger charge is 2.17. The van der Waals surface area contributed by atoms with Crippen molar-refractivity contribution in [2.45, 2.75) is 19.8 Å². The third kappa shape index (κ3) is 4.28. The van der Waals surface area contributed by atoms with Crippen molar-refractivity contribution in [1.29, 1.82) is 5.26 Å². The topological polar surface area (TPSA) is 93.2 Å². The predicted molar refractivity (Wildman–Crippen MR) is 81.9 cm³/mol. The van der Waals surface area contributed by atoms with Gasteiger partial charge in [0.1, 0.15) is 18.2 Å². The fourth-order valence-electron chi connectivity index (χ4n) is 1.81. The summed E-state index contributed by atoms with van der Waals surface area (Å²) in [5.41, 5.74) is 0.715. The number of esters is 1. The van der Waals surface area contributed by atoms with Crippen LogP contribution in [0.25, 0.3) is 6.08 Å². The molecule has 0 radical (unpaired) electrons. The van der Waals surface area contributed by atoms with Gasteiger partial charge in [0, 0.05) is 11.6 Å². The highest BCUT2D eigenvalue weighted by atomic mass is 16.6. The lowest BCUT2D eigenvalue weighted by molar-refractivity contribution is -0.385. The number of benzene rings is 1. The van der Waals surface area contributed by atoms with Crippen molar-refractivity contribution in [3.05, 3.63) is 57.7 Å².